The molecule has 1 aliphatic heterocycles. The van der Waals surface area contributed by atoms with Gasteiger partial charge in [0, 0.05) is 42.7 Å². The summed E-state index contributed by atoms with van der Waals surface area (Å²) in [5.41, 5.74) is 4.93. The van der Waals surface area contributed by atoms with E-state index in [1.54, 1.807) is 21.7 Å². The number of aliphatic hydroxyl groups is 1. The fourth-order valence-electron chi connectivity index (χ4n) is 4.37. The van der Waals surface area contributed by atoms with Crippen molar-refractivity contribution < 1.29 is 19.0 Å². The van der Waals surface area contributed by atoms with Gasteiger partial charge < -0.3 is 19.6 Å². The topological polar surface area (TPSA) is 70.8 Å². The minimum Gasteiger partial charge on any atom is -0.494 e. The van der Waals surface area contributed by atoms with Crippen LogP contribution in [0.5, 0.6) is 5.75 Å². The molecule has 1 aromatic heterocycles. The fourth-order valence-corrected chi connectivity index (χ4v) is 4.37. The number of carbonyl (C=O) groups excluding carboxylic acids is 1. The summed E-state index contributed by atoms with van der Waals surface area (Å²) < 4.78 is 21.0. The average molecular weight is 483 g/mol. The molecular weight excluding hydrogens is 447 g/mol. The summed E-state index contributed by atoms with van der Waals surface area (Å²) in [4.78, 5) is 15.7. The molecule has 0 saturated carbocycles. The van der Waals surface area contributed by atoms with Crippen molar-refractivity contribution in [2.75, 3.05) is 26.9 Å². The summed E-state index contributed by atoms with van der Waals surface area (Å²) in [5, 5.41) is 14.7. The number of hydrogen-bond acceptors (Lipinski definition) is 5. The van der Waals surface area contributed by atoms with Gasteiger partial charge in [0.15, 0.2) is 11.6 Å². The van der Waals surface area contributed by atoms with Gasteiger partial charge in [0.1, 0.15) is 6.73 Å². The molecule has 7 nitrogen and oxygen atoms in total. The van der Waals surface area contributed by atoms with Gasteiger partial charge in [-0.3, -0.25) is 4.79 Å². The molecule has 1 aliphatic rings. The third-order valence-corrected chi connectivity index (χ3v) is 6.40. The molecule has 0 atom stereocenters. The van der Waals surface area contributed by atoms with Crippen LogP contribution < -0.4 is 4.74 Å². The minimum absolute atomic E-state index is 0.103. The van der Waals surface area contributed by atoms with Crippen LogP contribution in [0, 0.1) is 19.7 Å². The van der Waals surface area contributed by atoms with E-state index >= 15 is 0 Å². The second-order valence-corrected chi connectivity index (χ2v) is 8.58. The van der Waals surface area contributed by atoms with Crippen LogP contribution in [0.4, 0.5) is 4.39 Å². The van der Waals surface area contributed by atoms with E-state index in [-0.39, 0.29) is 18.4 Å². The van der Waals surface area contributed by atoms with Crippen LogP contribution in [-0.4, -0.2) is 57.5 Å². The maximum atomic E-state index is 14.2. The Hall–Kier alpha value is -3.39. The molecule has 0 unspecified atom stereocenters. The van der Waals surface area contributed by atoms with Gasteiger partial charge in [0.05, 0.1) is 18.5 Å². The second kappa shape index (κ2) is 11.8. The maximum Gasteiger partial charge on any atom is 0.226 e. The molecule has 1 aromatic carbocycles. The van der Waals surface area contributed by atoms with Gasteiger partial charge >= 0.3 is 0 Å². The van der Waals surface area contributed by atoms with Crippen LogP contribution in [0.15, 0.2) is 54.4 Å². The molecule has 2 heterocycles. The normalized spacial score (nSPS) is 14.6. The van der Waals surface area contributed by atoms with E-state index in [1.165, 1.54) is 13.2 Å². The van der Waals surface area contributed by atoms with Crippen LogP contribution in [0.2, 0.25) is 0 Å². The van der Waals surface area contributed by atoms with E-state index in [1.807, 2.05) is 43.9 Å². The molecule has 35 heavy (non-hydrogen) atoms. The Labute approximate surface area is 206 Å². The number of halogens is 1. The van der Waals surface area contributed by atoms with Gasteiger partial charge in [0.25, 0.3) is 0 Å². The van der Waals surface area contributed by atoms with E-state index in [4.69, 9.17) is 4.74 Å². The largest absolute Gasteiger partial charge is 0.494 e. The number of methoxy groups -OCH3 is 1. The molecule has 1 saturated heterocycles. The van der Waals surface area contributed by atoms with Crippen LogP contribution in [0.3, 0.4) is 0 Å². The third-order valence-electron chi connectivity index (χ3n) is 6.40. The van der Waals surface area contributed by atoms with Gasteiger partial charge in [-0.25, -0.2) is 9.07 Å². The molecule has 0 bridgehead atoms. The van der Waals surface area contributed by atoms with E-state index in [0.29, 0.717) is 37.3 Å². The molecule has 0 spiro atoms. The Morgan fingerprint density at radius 3 is 2.71 bits per heavy atom. The molecule has 3 rings (SSSR count). The third kappa shape index (κ3) is 6.00. The molecular formula is C27H35FN4O3. The van der Waals surface area contributed by atoms with Crippen molar-refractivity contribution in [3.05, 3.63) is 77.2 Å². The first-order chi connectivity index (χ1) is 16.8. The van der Waals surface area contributed by atoms with Crippen molar-refractivity contribution >= 4 is 5.91 Å². The number of nitrogens with zero attached hydrogens (tertiary/aromatic N) is 4. The highest BCUT2D eigenvalue weighted by molar-refractivity contribution is 5.79. The zero-order chi connectivity index (χ0) is 25.5. The molecule has 1 amide bonds. The first kappa shape index (κ1) is 26.2. The summed E-state index contributed by atoms with van der Waals surface area (Å²) in [6, 6.07) is 4.77. The molecule has 0 aliphatic carbocycles. The number of amides is 1. The van der Waals surface area contributed by atoms with Crippen molar-refractivity contribution in [1.29, 1.82) is 0 Å². The zero-order valence-electron chi connectivity index (χ0n) is 21.1. The summed E-state index contributed by atoms with van der Waals surface area (Å²) in [5.74, 6) is -0.150. The standard InChI is InChI=1S/C27H35FN4O3/c1-6-22(11-10-19(2)31-15-8-7-9-27(31)34)30(18-33)16-14-24-20(3)29-32(21(24)4)23-12-13-26(35-5)25(28)17-23/h6,10-13,17,33H,2,7-9,14-16,18H2,1,3-5H3/b11-10-,22-6+. The van der Waals surface area contributed by atoms with E-state index < -0.39 is 5.82 Å². The number of likely N-dealkylation sites (tertiary alicyclic amines) is 1. The number of aliphatic hydroxyl groups excluding tert-OH is 1. The number of hydrogen-bond donors (Lipinski definition) is 1. The van der Waals surface area contributed by atoms with Crippen LogP contribution in [0.25, 0.3) is 5.69 Å². The van der Waals surface area contributed by atoms with Gasteiger partial charge in [0.2, 0.25) is 5.91 Å². The highest BCUT2D eigenvalue weighted by Crippen LogP contribution is 2.24. The highest BCUT2D eigenvalue weighted by Gasteiger charge is 2.19. The van der Waals surface area contributed by atoms with Crippen LogP contribution in [-0.2, 0) is 11.2 Å². The molecule has 188 valence electrons. The molecule has 1 fully saturated rings. The Kier molecular flexibility index (Phi) is 8.87. The number of rotatable bonds is 10. The average Bonchev–Trinajstić information content (AvgIpc) is 3.14. The van der Waals surface area contributed by atoms with Crippen molar-refractivity contribution in [3.63, 3.8) is 0 Å². The van der Waals surface area contributed by atoms with Crippen molar-refractivity contribution in [1.82, 2.24) is 19.6 Å². The Morgan fingerprint density at radius 2 is 2.09 bits per heavy atom. The van der Waals surface area contributed by atoms with E-state index in [0.717, 1.165) is 35.5 Å². The van der Waals surface area contributed by atoms with Gasteiger partial charge in [-0.1, -0.05) is 12.7 Å². The quantitative estimate of drug-likeness (QED) is 0.401. The molecule has 1 N–H and O–H groups in total. The SMILES string of the molecule is C=C(/C=C\C(=C/C)N(CO)CCc1c(C)nn(-c2ccc(OC)c(F)c2)c1C)N1CCCCC1=O. The zero-order valence-corrected chi connectivity index (χ0v) is 21.1. The Balaban J connectivity index is 1.72. The summed E-state index contributed by atoms with van der Waals surface area (Å²) in [6.45, 7) is 10.9. The summed E-state index contributed by atoms with van der Waals surface area (Å²) in [7, 11) is 1.43. The number of aromatic nitrogens is 2. The first-order valence-corrected chi connectivity index (χ1v) is 11.9. The smallest absolute Gasteiger partial charge is 0.226 e. The number of piperidine rings is 1. The van der Waals surface area contributed by atoms with E-state index in [9.17, 15) is 14.3 Å². The van der Waals surface area contributed by atoms with Gasteiger partial charge in [-0.15, -0.1) is 0 Å². The van der Waals surface area contributed by atoms with Crippen molar-refractivity contribution in [2.45, 2.75) is 46.5 Å². The number of benzene rings is 1. The Morgan fingerprint density at radius 1 is 1.31 bits per heavy atom. The number of aryl methyl sites for hydroxylation is 1. The predicted molar refractivity (Wildman–Crippen MR) is 135 cm³/mol. The second-order valence-electron chi connectivity index (χ2n) is 8.58. The lowest BCUT2D eigenvalue weighted by atomic mass is 10.1. The lowest BCUT2D eigenvalue weighted by molar-refractivity contribution is -0.130. The van der Waals surface area contributed by atoms with Gasteiger partial charge in [-0.05, 0) is 69.9 Å². The van der Waals surface area contributed by atoms with Crippen molar-refractivity contribution in [2.24, 2.45) is 0 Å². The van der Waals surface area contributed by atoms with Gasteiger partial charge in [-0.2, -0.15) is 5.10 Å². The molecule has 0 radical (unpaired) electrons. The number of carbonyl (C=O) groups is 1. The maximum absolute atomic E-state index is 14.2. The summed E-state index contributed by atoms with van der Waals surface area (Å²) in [6.07, 6.45) is 8.73. The van der Waals surface area contributed by atoms with Crippen LogP contribution in [0.1, 0.15) is 43.1 Å². The molecule has 8 heteroatoms. The lowest BCUT2D eigenvalue weighted by Crippen LogP contribution is -2.33. The van der Waals surface area contributed by atoms with Crippen molar-refractivity contribution in [3.8, 4) is 11.4 Å². The molecule has 2 aromatic rings. The predicted octanol–water partition coefficient (Wildman–Crippen LogP) is 4.42. The Bertz CT molecular complexity index is 1140. The summed E-state index contributed by atoms with van der Waals surface area (Å²) >= 11 is 0. The number of ether oxygens (including phenoxy) is 1. The highest BCUT2D eigenvalue weighted by atomic mass is 19.1. The minimum atomic E-state index is -0.442. The van der Waals surface area contributed by atoms with Crippen LogP contribution >= 0.6 is 0 Å². The number of allylic oxidation sites excluding steroid dienone is 3. The monoisotopic (exact) mass is 482 g/mol. The van der Waals surface area contributed by atoms with E-state index in [2.05, 4.69) is 11.7 Å². The fraction of sp³-hybridized carbons (Fsp3) is 0.407. The first-order valence-electron chi connectivity index (χ1n) is 11.9. The lowest BCUT2D eigenvalue weighted by Gasteiger charge is -2.27.